The van der Waals surface area contributed by atoms with Crippen LogP contribution in [0.2, 0.25) is 0 Å². The first-order valence-electron chi connectivity index (χ1n) is 11.3. The van der Waals surface area contributed by atoms with Gasteiger partial charge >= 0.3 is 0 Å². The van der Waals surface area contributed by atoms with Crippen molar-refractivity contribution in [3.8, 4) is 28.6 Å². The number of nitrogens with zero attached hydrogens (tertiary/aromatic N) is 4. The van der Waals surface area contributed by atoms with Gasteiger partial charge in [-0.05, 0) is 44.3 Å². The Hall–Kier alpha value is -3.10. The average Bonchev–Trinajstić information content (AvgIpc) is 2.86. The normalized spacial score (nSPS) is 14.9. The van der Waals surface area contributed by atoms with Crippen molar-refractivity contribution < 1.29 is 14.2 Å². The van der Waals surface area contributed by atoms with E-state index < -0.39 is 0 Å². The molecule has 0 aliphatic carbocycles. The molecule has 8 nitrogen and oxygen atoms in total. The Morgan fingerprint density at radius 1 is 0.909 bits per heavy atom. The number of hydrogen-bond acceptors (Lipinski definition) is 8. The highest BCUT2D eigenvalue weighted by Crippen LogP contribution is 2.41. The lowest BCUT2D eigenvalue weighted by Crippen LogP contribution is -2.44. The molecule has 1 aliphatic rings. The van der Waals surface area contributed by atoms with Crippen molar-refractivity contribution in [1.29, 1.82) is 0 Å². The first kappa shape index (κ1) is 23.1. The number of methoxy groups -OCH3 is 3. The molecule has 2 heterocycles. The Balaban J connectivity index is 1.57. The Morgan fingerprint density at radius 3 is 2.27 bits per heavy atom. The zero-order valence-electron chi connectivity index (χ0n) is 19.9. The predicted octanol–water partition coefficient (Wildman–Crippen LogP) is 3.37. The van der Waals surface area contributed by atoms with Crippen LogP contribution in [-0.2, 0) is 0 Å². The number of ether oxygens (including phenoxy) is 3. The number of anilines is 1. The summed E-state index contributed by atoms with van der Waals surface area (Å²) >= 11 is 0. The SMILES string of the molecule is COc1cc(-c2nc(NCCCN3CCN(C)CC3)c3ccccc3n2)cc(OC)c1OC. The molecular weight excluding hydrogens is 418 g/mol. The molecule has 0 spiro atoms. The lowest BCUT2D eigenvalue weighted by Gasteiger charge is -2.32. The summed E-state index contributed by atoms with van der Waals surface area (Å²) in [6.45, 7) is 6.49. The van der Waals surface area contributed by atoms with Gasteiger partial charge in [-0.2, -0.15) is 0 Å². The molecule has 3 aromatic rings. The fourth-order valence-electron chi connectivity index (χ4n) is 4.13. The quantitative estimate of drug-likeness (QED) is 0.497. The van der Waals surface area contributed by atoms with Crippen molar-refractivity contribution >= 4 is 16.7 Å². The Kier molecular flexibility index (Phi) is 7.47. The number of para-hydroxylation sites is 1. The molecule has 0 atom stereocenters. The van der Waals surface area contributed by atoms with E-state index in [0.29, 0.717) is 23.1 Å². The molecule has 8 heteroatoms. The van der Waals surface area contributed by atoms with E-state index in [-0.39, 0.29) is 0 Å². The second kappa shape index (κ2) is 10.7. The number of piperazine rings is 1. The molecule has 0 amide bonds. The lowest BCUT2D eigenvalue weighted by molar-refractivity contribution is 0.154. The lowest BCUT2D eigenvalue weighted by atomic mass is 10.1. The summed E-state index contributed by atoms with van der Waals surface area (Å²) in [6.07, 6.45) is 1.06. The number of likely N-dealkylation sites (N-methyl/N-ethyl adjacent to an activating group) is 1. The first-order valence-corrected chi connectivity index (χ1v) is 11.3. The van der Waals surface area contributed by atoms with Crippen LogP contribution in [0, 0.1) is 0 Å². The zero-order valence-corrected chi connectivity index (χ0v) is 19.9. The molecule has 0 radical (unpaired) electrons. The summed E-state index contributed by atoms with van der Waals surface area (Å²) in [4.78, 5) is 14.6. The van der Waals surface area contributed by atoms with E-state index in [2.05, 4.69) is 28.2 Å². The first-order chi connectivity index (χ1) is 16.1. The largest absolute Gasteiger partial charge is 0.493 e. The topological polar surface area (TPSA) is 72.0 Å². The molecule has 176 valence electrons. The zero-order chi connectivity index (χ0) is 23.2. The van der Waals surface area contributed by atoms with Crippen LogP contribution in [0.5, 0.6) is 17.2 Å². The van der Waals surface area contributed by atoms with Gasteiger partial charge in [0.05, 0.1) is 26.8 Å². The number of rotatable bonds is 9. The number of aromatic nitrogens is 2. The predicted molar refractivity (Wildman–Crippen MR) is 132 cm³/mol. The van der Waals surface area contributed by atoms with Gasteiger partial charge in [-0.1, -0.05) is 12.1 Å². The molecule has 0 bridgehead atoms. The standard InChI is InChI=1S/C25H33N5O3/c1-29-12-14-30(15-13-29)11-7-10-26-25-19-8-5-6-9-20(19)27-24(28-25)18-16-21(31-2)23(33-4)22(17-18)32-3/h5-6,8-9,16-17H,7,10-15H2,1-4H3,(H,26,27,28). The van der Waals surface area contributed by atoms with Gasteiger partial charge in [-0.3, -0.25) is 0 Å². The average molecular weight is 452 g/mol. The van der Waals surface area contributed by atoms with Crippen molar-refractivity contribution in [2.24, 2.45) is 0 Å². The maximum Gasteiger partial charge on any atom is 0.203 e. The van der Waals surface area contributed by atoms with Crippen LogP contribution in [0.1, 0.15) is 6.42 Å². The minimum atomic E-state index is 0.548. The second-order valence-electron chi connectivity index (χ2n) is 8.25. The summed E-state index contributed by atoms with van der Waals surface area (Å²) in [6, 6.07) is 11.8. The van der Waals surface area contributed by atoms with Crippen molar-refractivity contribution in [2.45, 2.75) is 6.42 Å². The number of benzene rings is 2. The summed E-state index contributed by atoms with van der Waals surface area (Å²) in [5, 5.41) is 4.56. The van der Waals surface area contributed by atoms with Crippen molar-refractivity contribution in [1.82, 2.24) is 19.8 Å². The summed E-state index contributed by atoms with van der Waals surface area (Å²) < 4.78 is 16.5. The highest BCUT2D eigenvalue weighted by atomic mass is 16.5. The number of fused-ring (bicyclic) bond motifs is 1. The van der Waals surface area contributed by atoms with Gasteiger partial charge in [0, 0.05) is 43.7 Å². The molecular formula is C25H33N5O3. The van der Waals surface area contributed by atoms with E-state index in [1.165, 1.54) is 0 Å². The van der Waals surface area contributed by atoms with E-state index in [4.69, 9.17) is 24.2 Å². The van der Waals surface area contributed by atoms with Gasteiger partial charge in [0.2, 0.25) is 5.75 Å². The van der Waals surface area contributed by atoms with E-state index in [0.717, 1.165) is 68.0 Å². The molecule has 33 heavy (non-hydrogen) atoms. The van der Waals surface area contributed by atoms with E-state index in [1.54, 1.807) is 21.3 Å². The molecule has 1 aromatic heterocycles. The second-order valence-corrected chi connectivity index (χ2v) is 8.25. The van der Waals surface area contributed by atoms with Crippen LogP contribution >= 0.6 is 0 Å². The van der Waals surface area contributed by atoms with Gasteiger partial charge in [-0.15, -0.1) is 0 Å². The van der Waals surface area contributed by atoms with Crippen LogP contribution in [-0.4, -0.2) is 87.4 Å². The maximum atomic E-state index is 5.52. The van der Waals surface area contributed by atoms with Gasteiger partial charge in [-0.25, -0.2) is 9.97 Å². The Morgan fingerprint density at radius 2 is 1.61 bits per heavy atom. The van der Waals surface area contributed by atoms with Crippen LogP contribution < -0.4 is 19.5 Å². The van der Waals surface area contributed by atoms with Crippen molar-refractivity contribution in [2.75, 3.05) is 73.0 Å². The van der Waals surface area contributed by atoms with Gasteiger partial charge < -0.3 is 29.3 Å². The van der Waals surface area contributed by atoms with Crippen LogP contribution in [0.15, 0.2) is 36.4 Å². The van der Waals surface area contributed by atoms with E-state index >= 15 is 0 Å². The van der Waals surface area contributed by atoms with Gasteiger partial charge in [0.1, 0.15) is 5.82 Å². The monoisotopic (exact) mass is 451 g/mol. The molecule has 0 saturated carbocycles. The third kappa shape index (κ3) is 5.29. The fourth-order valence-corrected chi connectivity index (χ4v) is 4.13. The van der Waals surface area contributed by atoms with Crippen molar-refractivity contribution in [3.05, 3.63) is 36.4 Å². The minimum Gasteiger partial charge on any atom is -0.493 e. The van der Waals surface area contributed by atoms with Crippen LogP contribution in [0.3, 0.4) is 0 Å². The molecule has 1 saturated heterocycles. The summed E-state index contributed by atoms with van der Waals surface area (Å²) in [5.74, 6) is 3.14. The van der Waals surface area contributed by atoms with E-state index in [1.807, 2.05) is 30.3 Å². The fraction of sp³-hybridized carbons (Fsp3) is 0.440. The smallest absolute Gasteiger partial charge is 0.203 e. The Bertz CT molecular complexity index is 1060. The third-order valence-corrected chi connectivity index (χ3v) is 6.07. The third-order valence-electron chi connectivity index (χ3n) is 6.07. The van der Waals surface area contributed by atoms with Crippen LogP contribution in [0.4, 0.5) is 5.82 Å². The molecule has 1 N–H and O–H groups in total. The highest BCUT2D eigenvalue weighted by Gasteiger charge is 2.17. The molecule has 1 aliphatic heterocycles. The van der Waals surface area contributed by atoms with E-state index in [9.17, 15) is 0 Å². The molecule has 0 unspecified atom stereocenters. The molecule has 4 rings (SSSR count). The molecule has 1 fully saturated rings. The maximum absolute atomic E-state index is 5.52. The van der Waals surface area contributed by atoms with Crippen LogP contribution in [0.25, 0.3) is 22.3 Å². The highest BCUT2D eigenvalue weighted by molar-refractivity contribution is 5.90. The summed E-state index contributed by atoms with van der Waals surface area (Å²) in [7, 11) is 6.99. The Labute approximate surface area is 195 Å². The van der Waals surface area contributed by atoms with Gasteiger partial charge in [0.25, 0.3) is 0 Å². The minimum absolute atomic E-state index is 0.548. The number of nitrogens with one attached hydrogen (secondary N) is 1. The molecule has 2 aromatic carbocycles. The van der Waals surface area contributed by atoms with Crippen molar-refractivity contribution in [3.63, 3.8) is 0 Å². The number of hydrogen-bond donors (Lipinski definition) is 1. The summed E-state index contributed by atoms with van der Waals surface area (Å²) in [5.41, 5.74) is 1.69. The van der Waals surface area contributed by atoms with Gasteiger partial charge in [0.15, 0.2) is 17.3 Å².